The van der Waals surface area contributed by atoms with Crippen molar-refractivity contribution in [2.24, 2.45) is 0 Å². The molecule has 0 bridgehead atoms. The van der Waals surface area contributed by atoms with Gasteiger partial charge in [-0.25, -0.2) is 9.97 Å². The predicted molar refractivity (Wildman–Crippen MR) is 71.4 cm³/mol. The highest BCUT2D eigenvalue weighted by atomic mass is 16.5. The molecule has 6 heteroatoms. The van der Waals surface area contributed by atoms with Crippen LogP contribution in [0.25, 0.3) is 11.5 Å². The van der Waals surface area contributed by atoms with Gasteiger partial charge >= 0.3 is 0 Å². The number of hydrogen-bond acceptors (Lipinski definition) is 5. The topological polar surface area (TPSA) is 65.7 Å². The number of aromatic nitrogens is 5. The molecule has 0 fully saturated rings. The Morgan fingerprint density at radius 3 is 2.63 bits per heavy atom. The lowest BCUT2D eigenvalue weighted by molar-refractivity contribution is -0.00558. The average Bonchev–Trinajstić information content (AvgIpc) is 2.83. The second-order valence-corrected chi connectivity index (χ2v) is 5.25. The SMILES string of the molecule is CC(C)(C)OCCCn1cc(-c2ncccn2)nn1. The third-order valence-electron chi connectivity index (χ3n) is 2.40. The van der Waals surface area contributed by atoms with E-state index in [4.69, 9.17) is 4.74 Å². The zero-order chi connectivity index (χ0) is 13.7. The maximum absolute atomic E-state index is 5.66. The fourth-order valence-corrected chi connectivity index (χ4v) is 1.55. The second kappa shape index (κ2) is 5.88. The Morgan fingerprint density at radius 2 is 1.95 bits per heavy atom. The first kappa shape index (κ1) is 13.6. The molecule has 6 nitrogen and oxygen atoms in total. The minimum Gasteiger partial charge on any atom is -0.376 e. The van der Waals surface area contributed by atoms with Crippen LogP contribution in [0.1, 0.15) is 27.2 Å². The second-order valence-electron chi connectivity index (χ2n) is 5.25. The van der Waals surface area contributed by atoms with E-state index >= 15 is 0 Å². The molecule has 2 heterocycles. The lowest BCUT2D eigenvalue weighted by Crippen LogP contribution is -2.20. The molecule has 0 radical (unpaired) electrons. The number of ether oxygens (including phenoxy) is 1. The van der Waals surface area contributed by atoms with E-state index in [2.05, 4.69) is 20.3 Å². The first-order chi connectivity index (χ1) is 9.04. The molecule has 0 aliphatic carbocycles. The van der Waals surface area contributed by atoms with Crippen LogP contribution in [-0.2, 0) is 11.3 Å². The summed E-state index contributed by atoms with van der Waals surface area (Å²) in [5, 5.41) is 8.12. The maximum Gasteiger partial charge on any atom is 0.181 e. The van der Waals surface area contributed by atoms with E-state index in [-0.39, 0.29) is 5.60 Å². The van der Waals surface area contributed by atoms with Gasteiger partial charge in [-0.05, 0) is 33.3 Å². The van der Waals surface area contributed by atoms with Gasteiger partial charge in [-0.1, -0.05) is 5.21 Å². The molecule has 19 heavy (non-hydrogen) atoms. The Morgan fingerprint density at radius 1 is 1.21 bits per heavy atom. The van der Waals surface area contributed by atoms with Gasteiger partial charge in [0.25, 0.3) is 0 Å². The van der Waals surface area contributed by atoms with E-state index in [1.807, 2.05) is 27.0 Å². The molecule has 0 saturated carbocycles. The highest BCUT2D eigenvalue weighted by Gasteiger charge is 2.09. The van der Waals surface area contributed by atoms with Crippen LogP contribution in [0.15, 0.2) is 24.7 Å². The molecule has 0 unspecified atom stereocenters. The molecular weight excluding hydrogens is 242 g/mol. The third-order valence-corrected chi connectivity index (χ3v) is 2.40. The van der Waals surface area contributed by atoms with Crippen LogP contribution in [0.2, 0.25) is 0 Å². The van der Waals surface area contributed by atoms with Gasteiger partial charge in [-0.15, -0.1) is 5.10 Å². The van der Waals surface area contributed by atoms with Gasteiger partial charge < -0.3 is 4.74 Å². The van der Waals surface area contributed by atoms with Gasteiger partial charge in [0, 0.05) is 25.5 Å². The van der Waals surface area contributed by atoms with Gasteiger partial charge in [-0.2, -0.15) is 0 Å². The van der Waals surface area contributed by atoms with Crippen molar-refractivity contribution in [3.63, 3.8) is 0 Å². The molecule has 0 spiro atoms. The Labute approximate surface area is 112 Å². The molecule has 0 N–H and O–H groups in total. The molecule has 2 aromatic heterocycles. The Balaban J connectivity index is 1.85. The smallest absolute Gasteiger partial charge is 0.181 e. The third kappa shape index (κ3) is 4.40. The van der Waals surface area contributed by atoms with E-state index in [1.54, 1.807) is 23.1 Å². The van der Waals surface area contributed by atoms with Crippen LogP contribution in [0, 0.1) is 0 Å². The van der Waals surface area contributed by atoms with Crippen molar-refractivity contribution < 1.29 is 4.74 Å². The van der Waals surface area contributed by atoms with Crippen LogP contribution in [0.3, 0.4) is 0 Å². The quantitative estimate of drug-likeness (QED) is 0.769. The van der Waals surface area contributed by atoms with Gasteiger partial charge in [0.1, 0.15) is 5.69 Å². The van der Waals surface area contributed by atoms with E-state index in [1.165, 1.54) is 0 Å². The number of hydrogen-bond donors (Lipinski definition) is 0. The summed E-state index contributed by atoms with van der Waals surface area (Å²) in [6.45, 7) is 7.63. The zero-order valence-corrected chi connectivity index (χ0v) is 11.6. The highest BCUT2D eigenvalue weighted by molar-refractivity contribution is 5.45. The average molecular weight is 261 g/mol. The summed E-state index contributed by atoms with van der Waals surface area (Å²) in [5.74, 6) is 0.597. The Hall–Kier alpha value is -1.82. The van der Waals surface area contributed by atoms with E-state index in [0.717, 1.165) is 13.0 Å². The minimum absolute atomic E-state index is 0.0919. The molecule has 0 aliphatic heterocycles. The fourth-order valence-electron chi connectivity index (χ4n) is 1.55. The lowest BCUT2D eigenvalue weighted by atomic mass is 10.2. The molecule has 102 valence electrons. The highest BCUT2D eigenvalue weighted by Crippen LogP contribution is 2.10. The molecular formula is C13H19N5O. The Bertz CT molecular complexity index is 503. The number of rotatable bonds is 5. The predicted octanol–water partition coefficient (Wildman–Crippen LogP) is 1.94. The normalized spacial score (nSPS) is 11.7. The largest absolute Gasteiger partial charge is 0.376 e. The fraction of sp³-hybridized carbons (Fsp3) is 0.538. The van der Waals surface area contributed by atoms with E-state index < -0.39 is 0 Å². The molecule has 2 aromatic rings. The summed E-state index contributed by atoms with van der Waals surface area (Å²) in [5.41, 5.74) is 0.600. The van der Waals surface area contributed by atoms with Crippen LogP contribution >= 0.6 is 0 Å². The van der Waals surface area contributed by atoms with Crippen molar-refractivity contribution in [3.8, 4) is 11.5 Å². The molecule has 0 atom stereocenters. The zero-order valence-electron chi connectivity index (χ0n) is 11.6. The molecule has 0 saturated heterocycles. The van der Waals surface area contributed by atoms with E-state index in [0.29, 0.717) is 18.1 Å². The first-order valence-electron chi connectivity index (χ1n) is 6.36. The standard InChI is InChI=1S/C13H19N5O/c1-13(2,3)19-9-5-8-18-10-11(16-17-18)12-14-6-4-7-15-12/h4,6-7,10H,5,8-9H2,1-3H3. The van der Waals surface area contributed by atoms with Gasteiger partial charge in [-0.3, -0.25) is 4.68 Å². The van der Waals surface area contributed by atoms with Crippen molar-refractivity contribution in [1.82, 2.24) is 25.0 Å². The van der Waals surface area contributed by atoms with Crippen LogP contribution in [0.5, 0.6) is 0 Å². The van der Waals surface area contributed by atoms with E-state index in [9.17, 15) is 0 Å². The minimum atomic E-state index is -0.0919. The lowest BCUT2D eigenvalue weighted by Gasteiger charge is -2.19. The van der Waals surface area contributed by atoms with Crippen LogP contribution < -0.4 is 0 Å². The maximum atomic E-state index is 5.66. The van der Waals surface area contributed by atoms with Crippen molar-refractivity contribution in [1.29, 1.82) is 0 Å². The van der Waals surface area contributed by atoms with Gasteiger partial charge in [0.05, 0.1) is 11.8 Å². The number of aryl methyl sites for hydroxylation is 1. The Kier molecular flexibility index (Phi) is 4.21. The van der Waals surface area contributed by atoms with Gasteiger partial charge in [0.15, 0.2) is 5.82 Å². The molecule has 0 aromatic carbocycles. The summed E-state index contributed by atoms with van der Waals surface area (Å²) >= 11 is 0. The van der Waals surface area contributed by atoms with Crippen LogP contribution in [0.4, 0.5) is 0 Å². The van der Waals surface area contributed by atoms with Crippen LogP contribution in [-0.4, -0.2) is 37.2 Å². The van der Waals surface area contributed by atoms with Crippen molar-refractivity contribution in [3.05, 3.63) is 24.7 Å². The van der Waals surface area contributed by atoms with Crippen molar-refractivity contribution in [2.75, 3.05) is 6.61 Å². The van der Waals surface area contributed by atoms with Gasteiger partial charge in [0.2, 0.25) is 0 Å². The summed E-state index contributed by atoms with van der Waals surface area (Å²) < 4.78 is 7.45. The van der Waals surface area contributed by atoms with Crippen molar-refractivity contribution >= 4 is 0 Å². The summed E-state index contributed by atoms with van der Waals surface area (Å²) in [4.78, 5) is 8.28. The monoisotopic (exact) mass is 261 g/mol. The molecule has 0 aliphatic rings. The van der Waals surface area contributed by atoms with Crippen molar-refractivity contribution in [2.45, 2.75) is 39.3 Å². The molecule has 0 amide bonds. The first-order valence-corrected chi connectivity index (χ1v) is 6.36. The summed E-state index contributed by atoms with van der Waals surface area (Å²) in [6, 6.07) is 1.78. The number of nitrogens with zero attached hydrogens (tertiary/aromatic N) is 5. The summed E-state index contributed by atoms with van der Waals surface area (Å²) in [7, 11) is 0. The summed E-state index contributed by atoms with van der Waals surface area (Å²) in [6.07, 6.45) is 6.14. The molecule has 2 rings (SSSR count).